The van der Waals surface area contributed by atoms with Gasteiger partial charge in [-0.05, 0) is 12.1 Å². The van der Waals surface area contributed by atoms with E-state index < -0.39 is 40.0 Å². The number of carbonyl (C=O) groups excluding carboxylic acids is 1. The number of carboxylic acid groups (broad SMARTS) is 1. The summed E-state index contributed by atoms with van der Waals surface area (Å²) >= 11 is 6.82. The van der Waals surface area contributed by atoms with Gasteiger partial charge in [-0.1, -0.05) is 23.8 Å². The van der Waals surface area contributed by atoms with Crippen LogP contribution in [0.4, 0.5) is 0 Å². The summed E-state index contributed by atoms with van der Waals surface area (Å²) in [6.07, 6.45) is 2.31. The Balaban J connectivity index is 1.44. The van der Waals surface area contributed by atoms with Crippen LogP contribution in [0.2, 0.25) is 4.34 Å². The smallest absolute Gasteiger partial charge is 0.310 e. The van der Waals surface area contributed by atoms with Crippen LogP contribution in [0.15, 0.2) is 28.5 Å². The number of amides is 1. The zero-order chi connectivity index (χ0) is 19.3. The second kappa shape index (κ2) is 6.85. The number of halogens is 1. The Labute approximate surface area is 165 Å². The molecule has 3 aliphatic rings. The molecular formula is C16H17ClN2O6S2. The Morgan fingerprint density at radius 2 is 1.74 bits per heavy atom. The largest absolute Gasteiger partial charge is 0.481 e. The molecular weight excluding hydrogens is 416 g/mol. The van der Waals surface area contributed by atoms with Gasteiger partial charge >= 0.3 is 5.97 Å². The molecule has 0 saturated carbocycles. The summed E-state index contributed by atoms with van der Waals surface area (Å²) in [6.45, 7) is 0.722. The topological polar surface area (TPSA) is 104 Å². The highest BCUT2D eigenvalue weighted by Gasteiger charge is 2.54. The number of carboxylic acids is 1. The molecule has 1 aromatic rings. The summed E-state index contributed by atoms with van der Waals surface area (Å²) in [5.74, 6) is -3.02. The fourth-order valence-corrected chi connectivity index (χ4v) is 6.88. The van der Waals surface area contributed by atoms with Gasteiger partial charge in [0.25, 0.3) is 10.0 Å². The number of hydrogen-bond donors (Lipinski definition) is 1. The number of sulfonamides is 1. The van der Waals surface area contributed by atoms with Crippen molar-refractivity contribution in [3.8, 4) is 0 Å². The molecule has 8 nitrogen and oxygen atoms in total. The van der Waals surface area contributed by atoms with Crippen LogP contribution in [0.1, 0.15) is 0 Å². The molecule has 0 radical (unpaired) electrons. The highest BCUT2D eigenvalue weighted by molar-refractivity contribution is 7.91. The molecule has 0 spiro atoms. The zero-order valence-electron chi connectivity index (χ0n) is 14.0. The van der Waals surface area contributed by atoms with Crippen molar-refractivity contribution in [2.45, 2.75) is 16.4 Å². The van der Waals surface area contributed by atoms with Gasteiger partial charge in [0.05, 0.1) is 22.5 Å². The van der Waals surface area contributed by atoms with Crippen LogP contribution in [0.25, 0.3) is 0 Å². The number of carbonyl (C=O) groups is 2. The Kier molecular flexibility index (Phi) is 4.79. The van der Waals surface area contributed by atoms with Crippen molar-refractivity contribution < 1.29 is 27.9 Å². The van der Waals surface area contributed by atoms with Crippen LogP contribution < -0.4 is 0 Å². The lowest BCUT2D eigenvalue weighted by Gasteiger charge is -2.36. The molecule has 27 heavy (non-hydrogen) atoms. The number of piperazine rings is 1. The maximum absolute atomic E-state index is 12.9. The van der Waals surface area contributed by atoms with Crippen LogP contribution in [0, 0.1) is 11.8 Å². The molecule has 11 heteroatoms. The van der Waals surface area contributed by atoms with Crippen molar-refractivity contribution >= 4 is 44.8 Å². The fraction of sp³-hybridized carbons (Fsp3) is 0.500. The molecule has 146 valence electrons. The molecule has 1 aromatic heterocycles. The van der Waals surface area contributed by atoms with Gasteiger partial charge in [0.15, 0.2) is 0 Å². The first-order chi connectivity index (χ1) is 12.8. The zero-order valence-corrected chi connectivity index (χ0v) is 16.4. The first-order valence-electron chi connectivity index (χ1n) is 8.40. The average Bonchev–Trinajstić information content (AvgIpc) is 3.36. The monoisotopic (exact) mass is 432 g/mol. The van der Waals surface area contributed by atoms with E-state index in [2.05, 4.69) is 0 Å². The number of rotatable bonds is 4. The molecule has 2 saturated heterocycles. The predicted molar refractivity (Wildman–Crippen MR) is 97.1 cm³/mol. The maximum Gasteiger partial charge on any atom is 0.310 e. The van der Waals surface area contributed by atoms with Gasteiger partial charge in [-0.25, -0.2) is 8.42 Å². The maximum atomic E-state index is 12.9. The second-order valence-corrected chi connectivity index (χ2v) is 10.5. The molecule has 0 aromatic carbocycles. The molecule has 1 amide bonds. The molecule has 4 atom stereocenters. The normalized spacial score (nSPS) is 30.8. The lowest BCUT2D eigenvalue weighted by molar-refractivity contribution is -0.150. The first-order valence-corrected chi connectivity index (χ1v) is 11.0. The van der Waals surface area contributed by atoms with Crippen LogP contribution in [0.3, 0.4) is 0 Å². The number of fused-ring (bicyclic) bond motifs is 2. The van der Waals surface area contributed by atoms with E-state index in [0.717, 1.165) is 11.3 Å². The number of aliphatic carboxylic acids is 1. The Bertz CT molecular complexity index is 906. The minimum absolute atomic E-state index is 0.152. The Hall–Kier alpha value is -1.46. The van der Waals surface area contributed by atoms with Gasteiger partial charge in [0.2, 0.25) is 5.91 Å². The Morgan fingerprint density at radius 3 is 2.30 bits per heavy atom. The molecule has 4 rings (SSSR count). The van der Waals surface area contributed by atoms with Crippen LogP contribution in [-0.2, 0) is 24.3 Å². The van der Waals surface area contributed by atoms with Gasteiger partial charge in [0, 0.05) is 26.2 Å². The Morgan fingerprint density at radius 1 is 1.11 bits per heavy atom. The van der Waals surface area contributed by atoms with E-state index in [1.54, 1.807) is 12.2 Å². The SMILES string of the molecule is O=C(O)[C@@H]1[C@H](C(=O)N2CCN(S(=O)(=O)c3ccc(Cl)s3)CC2)[C@@H]2C=C[C@@H]1O2. The standard InChI is InChI=1S/C16H17ClN2O6S2/c17-11-3-4-12(26-11)27(23,24)19-7-5-18(6-8-19)15(20)13-9-1-2-10(25-9)14(13)16(21)22/h1-4,9-10,13-14H,5-8H2,(H,21,22)/t9-,10-,13+,14-/m0/s1. The fourth-order valence-electron chi connectivity index (χ4n) is 3.82. The minimum atomic E-state index is -3.64. The summed E-state index contributed by atoms with van der Waals surface area (Å²) in [5.41, 5.74) is 0. The lowest BCUT2D eigenvalue weighted by atomic mass is 9.82. The van der Waals surface area contributed by atoms with Crippen molar-refractivity contribution in [1.82, 2.24) is 9.21 Å². The summed E-state index contributed by atoms with van der Waals surface area (Å²) in [5, 5.41) is 9.45. The van der Waals surface area contributed by atoms with E-state index in [0.29, 0.717) is 4.34 Å². The number of ether oxygens (including phenoxy) is 1. The first kappa shape index (κ1) is 18.9. The highest BCUT2D eigenvalue weighted by Crippen LogP contribution is 2.40. The van der Waals surface area contributed by atoms with Crippen LogP contribution >= 0.6 is 22.9 Å². The van der Waals surface area contributed by atoms with E-state index in [1.807, 2.05) is 0 Å². The molecule has 0 aliphatic carbocycles. The van der Waals surface area contributed by atoms with Gasteiger partial charge in [-0.2, -0.15) is 4.31 Å². The second-order valence-electron chi connectivity index (χ2n) is 6.63. The summed E-state index contributed by atoms with van der Waals surface area (Å²) in [6, 6.07) is 3.00. The van der Waals surface area contributed by atoms with Crippen molar-refractivity contribution in [3.05, 3.63) is 28.6 Å². The molecule has 1 N–H and O–H groups in total. The van der Waals surface area contributed by atoms with Crippen molar-refractivity contribution in [2.75, 3.05) is 26.2 Å². The van der Waals surface area contributed by atoms with Crippen molar-refractivity contribution in [1.29, 1.82) is 0 Å². The van der Waals surface area contributed by atoms with Gasteiger partial charge in [-0.3, -0.25) is 9.59 Å². The third-order valence-corrected chi connectivity index (χ3v) is 8.76. The molecule has 2 bridgehead atoms. The molecule has 0 unspecified atom stereocenters. The predicted octanol–water partition coefficient (Wildman–Crippen LogP) is 0.889. The van der Waals surface area contributed by atoms with Crippen molar-refractivity contribution in [2.24, 2.45) is 11.8 Å². The van der Waals surface area contributed by atoms with Gasteiger partial charge < -0.3 is 14.7 Å². The van der Waals surface area contributed by atoms with Crippen LogP contribution in [0.5, 0.6) is 0 Å². The quantitative estimate of drug-likeness (QED) is 0.708. The molecule has 3 aliphatic heterocycles. The van der Waals surface area contributed by atoms with E-state index >= 15 is 0 Å². The summed E-state index contributed by atoms with van der Waals surface area (Å²) < 4.78 is 32.7. The summed E-state index contributed by atoms with van der Waals surface area (Å²) in [7, 11) is -3.64. The number of nitrogens with zero attached hydrogens (tertiary/aromatic N) is 2. The third kappa shape index (κ3) is 3.19. The number of thiophene rings is 1. The van der Waals surface area contributed by atoms with Crippen LogP contribution in [-0.4, -0.2) is 73.0 Å². The van der Waals surface area contributed by atoms with Crippen molar-refractivity contribution in [3.63, 3.8) is 0 Å². The lowest BCUT2D eigenvalue weighted by Crippen LogP contribution is -2.54. The van der Waals surface area contributed by atoms with E-state index in [1.165, 1.54) is 21.3 Å². The molecule has 2 fully saturated rings. The van der Waals surface area contributed by atoms with E-state index in [-0.39, 0.29) is 36.3 Å². The van der Waals surface area contributed by atoms with Gasteiger partial charge in [0.1, 0.15) is 10.1 Å². The minimum Gasteiger partial charge on any atom is -0.481 e. The average molecular weight is 433 g/mol. The van der Waals surface area contributed by atoms with E-state index in [9.17, 15) is 23.1 Å². The highest BCUT2D eigenvalue weighted by atomic mass is 35.5. The molecule has 4 heterocycles. The third-order valence-electron chi connectivity index (χ3n) is 5.16. The number of hydrogen-bond acceptors (Lipinski definition) is 6. The van der Waals surface area contributed by atoms with E-state index in [4.69, 9.17) is 16.3 Å². The summed E-state index contributed by atoms with van der Waals surface area (Å²) in [4.78, 5) is 26.0. The van der Waals surface area contributed by atoms with Gasteiger partial charge in [-0.15, -0.1) is 11.3 Å².